The molecule has 0 spiro atoms. The zero-order chi connectivity index (χ0) is 62.3. The molecule has 2 aliphatic heterocycles. The largest absolute Gasteiger partial charge is 0.394 e. The van der Waals surface area contributed by atoms with E-state index in [9.17, 15) is 76.6 Å². The first-order chi connectivity index (χ1) is 40.3. The lowest BCUT2D eigenvalue weighted by molar-refractivity contribution is -0.357. The van der Waals surface area contributed by atoms with Gasteiger partial charge in [-0.3, -0.25) is 0 Å². The van der Waals surface area contributed by atoms with Crippen LogP contribution < -0.4 is 0 Å². The molecule has 2 saturated heterocycles. The molecular weight excluding hydrogens is 1130 g/mol. The summed E-state index contributed by atoms with van der Waals surface area (Å²) in [5, 5.41) is 161. The Kier molecular flexibility index (Phi) is 39.2. The fourth-order valence-electron chi connectivity index (χ4n) is 10.4. The fourth-order valence-corrected chi connectivity index (χ4v) is 10.4. The van der Waals surface area contributed by atoms with Gasteiger partial charge in [0, 0.05) is 25.6 Å². The van der Waals surface area contributed by atoms with Gasteiger partial charge in [0.1, 0.15) is 67.1 Å². The molecule has 1 aliphatic carbocycles. The van der Waals surface area contributed by atoms with Crippen LogP contribution >= 0.6 is 0 Å². The molecule has 3 fully saturated rings. The van der Waals surface area contributed by atoms with E-state index in [1.54, 1.807) is 13.8 Å². The molecule has 3 rings (SSSR count). The van der Waals surface area contributed by atoms with Crippen LogP contribution in [0.2, 0.25) is 0 Å². The van der Waals surface area contributed by atoms with E-state index in [4.69, 9.17) is 71.1 Å². The van der Waals surface area contributed by atoms with Gasteiger partial charge in [0.05, 0.1) is 155 Å². The Morgan fingerprint density at radius 2 is 0.940 bits per heavy atom. The van der Waals surface area contributed by atoms with Gasteiger partial charge in [-0.1, -0.05) is 13.8 Å². The van der Waals surface area contributed by atoms with Gasteiger partial charge in [0.2, 0.25) is 0 Å². The summed E-state index contributed by atoms with van der Waals surface area (Å²) in [7, 11) is 0. The third-order valence-corrected chi connectivity index (χ3v) is 14.3. The number of hydrogen-bond donors (Lipinski definition) is 15. The van der Waals surface area contributed by atoms with Crippen LogP contribution in [0.25, 0.3) is 0 Å². The standard InChI is InChI=1S/C54H104O30/c1-30(2)34(7-16-70-18-9-55)41(63)48(75-22-13-59)52(69)84-46-39(27-62)81-54(50(44(46)66)77-24-15-61)80-35(8-17-73-36-26-37(74-21-12-58)38(78-31(3)4)25-33(36)28-71-19-10-56)42(64)43(65)51(68)83-47-40(29-72-20-11-57)82-53(79-32(5)6)49(45(47)67)76-23-14-60/h30-69H,7-29H2,1-6H3/t33?,34-,35-,36+,37?,38+,39?,40?,41?,42?,43?,44?,45?,46-,47-,48?,49?,50?,51-,52-,53+,54+/m0/s1. The van der Waals surface area contributed by atoms with E-state index in [1.165, 1.54) is 0 Å². The van der Waals surface area contributed by atoms with Crippen molar-refractivity contribution in [1.29, 1.82) is 0 Å². The van der Waals surface area contributed by atoms with Crippen LogP contribution in [0.3, 0.4) is 0 Å². The molecule has 84 heavy (non-hydrogen) atoms. The highest BCUT2D eigenvalue weighted by Crippen LogP contribution is 2.36. The zero-order valence-corrected chi connectivity index (χ0v) is 49.5. The van der Waals surface area contributed by atoms with Crippen molar-refractivity contribution in [3.8, 4) is 0 Å². The van der Waals surface area contributed by atoms with Crippen molar-refractivity contribution in [3.05, 3.63) is 0 Å². The van der Waals surface area contributed by atoms with Crippen molar-refractivity contribution >= 4 is 0 Å². The summed E-state index contributed by atoms with van der Waals surface area (Å²) in [5.41, 5.74) is 0. The van der Waals surface area contributed by atoms with E-state index in [-0.39, 0.29) is 123 Å². The number of ether oxygens (including phenoxy) is 15. The zero-order valence-electron chi connectivity index (χ0n) is 49.5. The van der Waals surface area contributed by atoms with E-state index < -0.39 is 174 Å². The summed E-state index contributed by atoms with van der Waals surface area (Å²) >= 11 is 0. The minimum absolute atomic E-state index is 0.0118. The fraction of sp³-hybridized carbons (Fsp3) is 1.00. The smallest absolute Gasteiger partial charge is 0.187 e. The molecular formula is C54H104O30. The molecule has 2 heterocycles. The maximum atomic E-state index is 12.2. The lowest BCUT2D eigenvalue weighted by Gasteiger charge is -2.46. The molecule has 0 amide bonds. The van der Waals surface area contributed by atoms with Crippen molar-refractivity contribution in [2.45, 2.75) is 202 Å². The maximum Gasteiger partial charge on any atom is 0.187 e. The van der Waals surface area contributed by atoms with Crippen molar-refractivity contribution in [3.63, 3.8) is 0 Å². The van der Waals surface area contributed by atoms with Crippen LogP contribution in [-0.4, -0.2) is 337 Å². The van der Waals surface area contributed by atoms with Crippen LogP contribution in [0.1, 0.15) is 67.2 Å². The lowest BCUT2D eigenvalue weighted by Crippen LogP contribution is -2.64. The maximum absolute atomic E-state index is 12.2. The molecule has 22 atom stereocenters. The van der Waals surface area contributed by atoms with E-state index in [0.717, 1.165) is 0 Å². The lowest BCUT2D eigenvalue weighted by atomic mass is 9.82. The Morgan fingerprint density at radius 1 is 0.429 bits per heavy atom. The Hall–Kier alpha value is -1.20. The molecule has 12 unspecified atom stereocenters. The van der Waals surface area contributed by atoms with E-state index in [1.807, 2.05) is 27.7 Å². The number of aliphatic hydroxyl groups excluding tert-OH is 15. The summed E-state index contributed by atoms with van der Waals surface area (Å²) in [5.74, 6) is -1.20. The first-order valence-corrected chi connectivity index (χ1v) is 29.3. The molecule has 15 N–H and O–H groups in total. The van der Waals surface area contributed by atoms with Gasteiger partial charge in [-0.25, -0.2) is 0 Å². The monoisotopic (exact) mass is 1230 g/mol. The first-order valence-electron chi connectivity index (χ1n) is 29.3. The van der Waals surface area contributed by atoms with E-state index >= 15 is 0 Å². The van der Waals surface area contributed by atoms with Gasteiger partial charge in [-0.2, -0.15) is 0 Å². The number of rotatable bonds is 47. The van der Waals surface area contributed by atoms with Gasteiger partial charge < -0.3 is 148 Å². The molecule has 0 aromatic heterocycles. The minimum Gasteiger partial charge on any atom is -0.394 e. The van der Waals surface area contributed by atoms with Gasteiger partial charge in [0.15, 0.2) is 25.2 Å². The SMILES string of the molecule is CC(C)O[C@@H]1OC(COCCO)[C@H](O[C@H](O)C(O)C(O)[C@H](CCO[C@@H]2CC(OCCO)[C@H](OC(C)C)CC2COCCO)O[C@@H]2OC(CO)[C@H](O[C@H](O)C(OCCO)C(O)[C@@H](CCOCCO)C(C)C)C(O)C2OCCO)C(O)C1OCCO. The van der Waals surface area contributed by atoms with Crippen LogP contribution in [0.4, 0.5) is 0 Å². The molecule has 30 heteroatoms. The molecule has 0 aromatic carbocycles. The summed E-state index contributed by atoms with van der Waals surface area (Å²) in [6.07, 6.45) is -31.7. The van der Waals surface area contributed by atoms with Crippen molar-refractivity contribution in [2.75, 3.05) is 126 Å². The van der Waals surface area contributed by atoms with Crippen LogP contribution in [0, 0.1) is 17.8 Å². The predicted molar refractivity (Wildman–Crippen MR) is 288 cm³/mol. The third-order valence-electron chi connectivity index (χ3n) is 14.3. The van der Waals surface area contributed by atoms with Gasteiger partial charge in [0.25, 0.3) is 0 Å². The number of hydrogen-bond acceptors (Lipinski definition) is 30. The average molecular weight is 1230 g/mol. The molecule has 0 radical (unpaired) electrons. The van der Waals surface area contributed by atoms with Crippen molar-refractivity contribution < 1.29 is 148 Å². The summed E-state index contributed by atoms with van der Waals surface area (Å²) in [6.45, 7) is 5.34. The second kappa shape index (κ2) is 42.7. The Balaban J connectivity index is 2.07. The molecule has 30 nitrogen and oxygen atoms in total. The molecule has 0 bridgehead atoms. The molecule has 1 saturated carbocycles. The average Bonchev–Trinajstić information content (AvgIpc) is 2.89. The summed E-state index contributed by atoms with van der Waals surface area (Å²) in [6, 6.07) is 0. The molecule has 500 valence electrons. The third kappa shape index (κ3) is 25.2. The Labute approximate surface area is 492 Å². The van der Waals surface area contributed by atoms with Crippen LogP contribution in [-0.2, 0) is 71.1 Å². The topological polar surface area (TPSA) is 442 Å². The highest BCUT2D eigenvalue weighted by Gasteiger charge is 2.53. The summed E-state index contributed by atoms with van der Waals surface area (Å²) < 4.78 is 89.0. The first kappa shape index (κ1) is 77.0. The van der Waals surface area contributed by atoms with Gasteiger partial charge >= 0.3 is 0 Å². The van der Waals surface area contributed by atoms with Crippen molar-refractivity contribution in [1.82, 2.24) is 0 Å². The normalized spacial score (nSPS) is 30.9. The van der Waals surface area contributed by atoms with Crippen molar-refractivity contribution in [2.24, 2.45) is 17.8 Å². The van der Waals surface area contributed by atoms with E-state index in [2.05, 4.69) is 0 Å². The predicted octanol–water partition coefficient (Wildman–Crippen LogP) is -5.37. The number of aliphatic hydroxyl groups is 15. The van der Waals surface area contributed by atoms with Crippen LogP contribution in [0.5, 0.6) is 0 Å². The quantitative estimate of drug-likeness (QED) is 0.0200. The minimum atomic E-state index is -2.39. The van der Waals surface area contributed by atoms with Gasteiger partial charge in [-0.15, -0.1) is 0 Å². The van der Waals surface area contributed by atoms with Gasteiger partial charge in [-0.05, 0) is 58.8 Å². The Bertz CT molecular complexity index is 1610. The summed E-state index contributed by atoms with van der Waals surface area (Å²) in [4.78, 5) is 0. The highest BCUT2D eigenvalue weighted by atomic mass is 16.7. The second-order valence-electron chi connectivity index (χ2n) is 21.7. The Morgan fingerprint density at radius 3 is 1.50 bits per heavy atom. The van der Waals surface area contributed by atoms with Crippen LogP contribution in [0.15, 0.2) is 0 Å². The molecule has 0 aromatic rings. The highest BCUT2D eigenvalue weighted by molar-refractivity contribution is 4.96. The van der Waals surface area contributed by atoms with E-state index in [0.29, 0.717) is 6.42 Å². The second-order valence-corrected chi connectivity index (χ2v) is 21.7. The molecule has 3 aliphatic rings.